The first-order chi connectivity index (χ1) is 15.1. The number of aliphatic imine (C=N–C) groups is 1. The maximum atomic E-state index is 13.5. The molecule has 2 aromatic carbocycles. The first kappa shape index (κ1) is 24.0. The molecule has 170 valence electrons. The molecule has 2 heterocycles. The summed E-state index contributed by atoms with van der Waals surface area (Å²) in [5.74, 6) is 0.744. The molecule has 0 aliphatic carbocycles. The van der Waals surface area contributed by atoms with Crippen LogP contribution in [0.2, 0.25) is 0 Å². The molecular formula is C24H29FIN5O. The van der Waals surface area contributed by atoms with Crippen molar-refractivity contribution in [1.82, 2.24) is 20.5 Å². The fraction of sp³-hybridized carbons (Fsp3) is 0.333. The zero-order valence-corrected chi connectivity index (χ0v) is 20.5. The first-order valence-electron chi connectivity index (χ1n) is 10.7. The van der Waals surface area contributed by atoms with Gasteiger partial charge in [-0.2, -0.15) is 0 Å². The van der Waals surface area contributed by atoms with E-state index in [0.717, 1.165) is 52.9 Å². The Morgan fingerprint density at radius 1 is 1.16 bits per heavy atom. The molecule has 4 rings (SSSR count). The summed E-state index contributed by atoms with van der Waals surface area (Å²) < 4.78 is 13.5. The highest BCUT2D eigenvalue weighted by Gasteiger charge is 2.19. The number of fused-ring (bicyclic) bond motifs is 1. The monoisotopic (exact) mass is 549 g/mol. The quantitative estimate of drug-likeness (QED) is 0.238. The summed E-state index contributed by atoms with van der Waals surface area (Å²) in [4.78, 5) is 21.1. The minimum atomic E-state index is -0.225. The number of carbonyl (C=O) groups excluding carboxylic acids is 1. The summed E-state index contributed by atoms with van der Waals surface area (Å²) in [6, 6.07) is 13.1. The van der Waals surface area contributed by atoms with Crippen molar-refractivity contribution in [2.75, 3.05) is 20.1 Å². The number of aromatic nitrogens is 1. The van der Waals surface area contributed by atoms with Gasteiger partial charge < -0.3 is 20.5 Å². The number of amides is 1. The van der Waals surface area contributed by atoms with Gasteiger partial charge in [0.2, 0.25) is 5.91 Å². The van der Waals surface area contributed by atoms with Gasteiger partial charge in [0.25, 0.3) is 0 Å². The predicted molar refractivity (Wildman–Crippen MR) is 137 cm³/mol. The van der Waals surface area contributed by atoms with Gasteiger partial charge >= 0.3 is 0 Å². The van der Waals surface area contributed by atoms with Crippen molar-refractivity contribution in [3.63, 3.8) is 0 Å². The number of H-pyrrole nitrogens is 1. The second kappa shape index (κ2) is 11.3. The molecule has 0 bridgehead atoms. The molecule has 1 aromatic heterocycles. The van der Waals surface area contributed by atoms with Gasteiger partial charge in [-0.05, 0) is 47.7 Å². The van der Waals surface area contributed by atoms with Crippen LogP contribution in [0, 0.1) is 5.82 Å². The van der Waals surface area contributed by atoms with E-state index in [4.69, 9.17) is 0 Å². The van der Waals surface area contributed by atoms with Crippen molar-refractivity contribution in [3.05, 3.63) is 71.2 Å². The molecule has 0 unspecified atom stereocenters. The molecule has 1 aliphatic rings. The van der Waals surface area contributed by atoms with Crippen LogP contribution in [0.25, 0.3) is 10.9 Å². The van der Waals surface area contributed by atoms with Crippen molar-refractivity contribution >= 4 is 46.7 Å². The summed E-state index contributed by atoms with van der Waals surface area (Å²) in [6.45, 7) is 2.89. The fourth-order valence-electron chi connectivity index (χ4n) is 3.93. The molecule has 32 heavy (non-hydrogen) atoms. The molecule has 8 heteroatoms. The van der Waals surface area contributed by atoms with Crippen molar-refractivity contribution in [2.45, 2.75) is 32.4 Å². The number of carbonyl (C=O) groups is 1. The minimum absolute atomic E-state index is 0. The van der Waals surface area contributed by atoms with Gasteiger partial charge in [-0.3, -0.25) is 9.79 Å². The van der Waals surface area contributed by atoms with Crippen LogP contribution in [-0.4, -0.2) is 41.9 Å². The van der Waals surface area contributed by atoms with Crippen LogP contribution in [0.15, 0.2) is 53.7 Å². The van der Waals surface area contributed by atoms with Crippen LogP contribution in [0.1, 0.15) is 29.5 Å². The predicted octanol–water partition coefficient (Wildman–Crippen LogP) is 3.96. The average Bonchev–Trinajstić information content (AvgIpc) is 3.37. The van der Waals surface area contributed by atoms with Crippen molar-refractivity contribution in [3.8, 4) is 0 Å². The topological polar surface area (TPSA) is 72.5 Å². The summed E-state index contributed by atoms with van der Waals surface area (Å²) in [5, 5.41) is 7.54. The normalized spacial score (nSPS) is 14.0. The van der Waals surface area contributed by atoms with Crippen LogP contribution in [-0.2, 0) is 24.3 Å². The Hall–Kier alpha value is -2.62. The van der Waals surface area contributed by atoms with Crippen LogP contribution in [0.3, 0.4) is 0 Å². The zero-order valence-electron chi connectivity index (χ0n) is 18.2. The Kier molecular flexibility index (Phi) is 8.49. The van der Waals surface area contributed by atoms with E-state index in [2.05, 4.69) is 44.9 Å². The highest BCUT2D eigenvalue weighted by molar-refractivity contribution is 14.0. The highest BCUT2D eigenvalue weighted by Crippen LogP contribution is 2.19. The van der Waals surface area contributed by atoms with E-state index in [0.29, 0.717) is 26.1 Å². The molecule has 0 spiro atoms. The second-order valence-corrected chi connectivity index (χ2v) is 7.84. The largest absolute Gasteiger partial charge is 0.361 e. The third-order valence-electron chi connectivity index (χ3n) is 5.67. The summed E-state index contributed by atoms with van der Waals surface area (Å²) in [7, 11) is 1.74. The lowest BCUT2D eigenvalue weighted by atomic mass is 10.1. The molecule has 0 radical (unpaired) electrons. The van der Waals surface area contributed by atoms with Gasteiger partial charge in [-0.1, -0.05) is 24.3 Å². The van der Waals surface area contributed by atoms with Crippen LogP contribution in [0.5, 0.6) is 0 Å². The molecule has 6 nitrogen and oxygen atoms in total. The number of guanidine groups is 1. The number of nitrogens with one attached hydrogen (secondary N) is 3. The van der Waals surface area contributed by atoms with Crippen LogP contribution >= 0.6 is 24.0 Å². The first-order valence-corrected chi connectivity index (χ1v) is 10.7. The van der Waals surface area contributed by atoms with Gasteiger partial charge in [-0.15, -0.1) is 24.0 Å². The minimum Gasteiger partial charge on any atom is -0.361 e. The van der Waals surface area contributed by atoms with Crippen molar-refractivity contribution < 1.29 is 9.18 Å². The van der Waals surface area contributed by atoms with Gasteiger partial charge in [-0.25, -0.2) is 4.39 Å². The number of benzene rings is 2. The molecule has 1 saturated heterocycles. The van der Waals surface area contributed by atoms with Gasteiger partial charge in [0.15, 0.2) is 5.96 Å². The Morgan fingerprint density at radius 3 is 2.66 bits per heavy atom. The number of hydrogen-bond acceptors (Lipinski definition) is 2. The molecule has 3 aromatic rings. The second-order valence-electron chi connectivity index (χ2n) is 7.84. The Balaban J connectivity index is 0.00000289. The molecule has 0 saturated carbocycles. The molecule has 3 N–H and O–H groups in total. The number of aromatic amines is 1. The number of hydrogen-bond donors (Lipinski definition) is 3. The maximum Gasteiger partial charge on any atom is 0.222 e. The van der Waals surface area contributed by atoms with Crippen molar-refractivity contribution in [1.29, 1.82) is 0 Å². The third kappa shape index (κ3) is 5.99. The molecule has 0 atom stereocenters. The van der Waals surface area contributed by atoms with E-state index in [1.54, 1.807) is 19.2 Å². The lowest BCUT2D eigenvalue weighted by Crippen LogP contribution is -2.37. The number of nitrogens with zero attached hydrogens (tertiary/aromatic N) is 2. The summed E-state index contributed by atoms with van der Waals surface area (Å²) in [6.07, 6.45) is 4.32. The smallest absolute Gasteiger partial charge is 0.222 e. The van der Waals surface area contributed by atoms with E-state index in [9.17, 15) is 9.18 Å². The molecule has 1 fully saturated rings. The van der Waals surface area contributed by atoms with E-state index >= 15 is 0 Å². The van der Waals surface area contributed by atoms with Crippen molar-refractivity contribution in [2.24, 2.45) is 4.99 Å². The fourth-order valence-corrected chi connectivity index (χ4v) is 3.93. The molecular weight excluding hydrogens is 520 g/mol. The Bertz CT molecular complexity index is 1080. The number of halogens is 2. The van der Waals surface area contributed by atoms with Gasteiger partial charge in [0.1, 0.15) is 5.82 Å². The van der Waals surface area contributed by atoms with Crippen LogP contribution < -0.4 is 10.6 Å². The lowest BCUT2D eigenvalue weighted by molar-refractivity contribution is -0.128. The SMILES string of the molecule is CN=C(NCCc1c[nH]c2ccc(F)cc12)NCc1ccc(CN2CCCC2=O)cc1.I. The summed E-state index contributed by atoms with van der Waals surface area (Å²) in [5.41, 5.74) is 4.31. The summed E-state index contributed by atoms with van der Waals surface area (Å²) >= 11 is 0. The zero-order chi connectivity index (χ0) is 21.6. The number of likely N-dealkylation sites (tertiary alicyclic amines) is 1. The molecule has 1 amide bonds. The third-order valence-corrected chi connectivity index (χ3v) is 5.67. The Morgan fingerprint density at radius 2 is 1.94 bits per heavy atom. The molecule has 1 aliphatic heterocycles. The average molecular weight is 549 g/mol. The van der Waals surface area contributed by atoms with E-state index in [1.165, 1.54) is 6.07 Å². The Labute approximate surface area is 204 Å². The number of rotatable bonds is 7. The van der Waals surface area contributed by atoms with E-state index in [-0.39, 0.29) is 35.7 Å². The lowest BCUT2D eigenvalue weighted by Gasteiger charge is -2.16. The van der Waals surface area contributed by atoms with Crippen LogP contribution in [0.4, 0.5) is 4.39 Å². The van der Waals surface area contributed by atoms with E-state index < -0.39 is 0 Å². The van der Waals surface area contributed by atoms with Gasteiger partial charge in [0.05, 0.1) is 0 Å². The standard InChI is InChI=1S/C24H28FN5O.HI/c1-26-24(27-11-10-19-15-28-22-9-8-20(25)13-21(19)22)29-14-17-4-6-18(7-5-17)16-30-12-2-3-23(30)31;/h4-9,13,15,28H,2-3,10-12,14,16H2,1H3,(H2,26,27,29);1H. The van der Waals surface area contributed by atoms with E-state index in [1.807, 2.05) is 11.1 Å². The maximum absolute atomic E-state index is 13.5. The highest BCUT2D eigenvalue weighted by atomic mass is 127. The van der Waals surface area contributed by atoms with Gasteiger partial charge in [0, 0.05) is 56.7 Å².